The van der Waals surface area contributed by atoms with Crippen molar-refractivity contribution in [3.05, 3.63) is 58.9 Å². The van der Waals surface area contributed by atoms with Gasteiger partial charge in [-0.15, -0.1) is 0 Å². The van der Waals surface area contributed by atoms with E-state index in [0.717, 1.165) is 11.1 Å². The van der Waals surface area contributed by atoms with Crippen LogP contribution in [0, 0.1) is 31.3 Å². The van der Waals surface area contributed by atoms with E-state index in [9.17, 15) is 21.6 Å². The largest absolute Gasteiger partial charge is 0.280 e. The number of aryl methyl sites for hydroxylation is 2. The van der Waals surface area contributed by atoms with Crippen LogP contribution in [-0.4, -0.2) is 8.42 Å². The van der Waals surface area contributed by atoms with E-state index in [1.165, 1.54) is 0 Å². The molecule has 0 aromatic heterocycles. The van der Waals surface area contributed by atoms with E-state index in [0.29, 0.717) is 12.1 Å². The van der Waals surface area contributed by atoms with Crippen LogP contribution in [0.25, 0.3) is 0 Å². The van der Waals surface area contributed by atoms with E-state index in [-0.39, 0.29) is 5.69 Å². The molecule has 0 atom stereocenters. The van der Waals surface area contributed by atoms with Crippen molar-refractivity contribution in [2.24, 2.45) is 0 Å². The van der Waals surface area contributed by atoms with Crippen molar-refractivity contribution in [3.8, 4) is 0 Å². The van der Waals surface area contributed by atoms with Gasteiger partial charge >= 0.3 is 0 Å². The molecule has 0 aliphatic heterocycles. The molecule has 112 valence electrons. The Balaban J connectivity index is 2.46. The van der Waals surface area contributed by atoms with Crippen LogP contribution >= 0.6 is 0 Å². The summed E-state index contributed by atoms with van der Waals surface area (Å²) in [5, 5.41) is 0. The molecule has 2 aromatic rings. The predicted octanol–water partition coefficient (Wildman–Crippen LogP) is 3.52. The normalized spacial score (nSPS) is 11.5. The minimum atomic E-state index is -4.35. The Kier molecular flexibility index (Phi) is 3.95. The first-order valence-electron chi connectivity index (χ1n) is 5.95. The Bertz CT molecular complexity index is 784. The second-order valence-electron chi connectivity index (χ2n) is 4.66. The van der Waals surface area contributed by atoms with Crippen molar-refractivity contribution in [2.45, 2.75) is 18.7 Å². The van der Waals surface area contributed by atoms with Gasteiger partial charge in [-0.05, 0) is 49.2 Å². The average molecular weight is 315 g/mol. The van der Waals surface area contributed by atoms with E-state index >= 15 is 0 Å². The number of rotatable bonds is 3. The number of hydrogen-bond acceptors (Lipinski definition) is 2. The van der Waals surface area contributed by atoms with Crippen molar-refractivity contribution in [1.29, 1.82) is 0 Å². The third-order valence-electron chi connectivity index (χ3n) is 2.76. The molecule has 0 unspecified atom stereocenters. The highest BCUT2D eigenvalue weighted by molar-refractivity contribution is 7.92. The van der Waals surface area contributed by atoms with Gasteiger partial charge < -0.3 is 0 Å². The minimum Gasteiger partial charge on any atom is -0.280 e. The summed E-state index contributed by atoms with van der Waals surface area (Å²) >= 11 is 0. The highest BCUT2D eigenvalue weighted by atomic mass is 32.2. The van der Waals surface area contributed by atoms with E-state index < -0.39 is 32.4 Å². The van der Waals surface area contributed by atoms with Gasteiger partial charge in [-0.2, -0.15) is 0 Å². The zero-order valence-corrected chi connectivity index (χ0v) is 12.1. The van der Waals surface area contributed by atoms with Crippen LogP contribution in [0.4, 0.5) is 18.9 Å². The molecule has 0 radical (unpaired) electrons. The van der Waals surface area contributed by atoms with E-state index in [4.69, 9.17) is 0 Å². The molecule has 0 bridgehead atoms. The Morgan fingerprint density at radius 3 is 2.05 bits per heavy atom. The van der Waals surface area contributed by atoms with Gasteiger partial charge in [-0.25, -0.2) is 21.6 Å². The maximum Gasteiger partial charge on any atom is 0.264 e. The van der Waals surface area contributed by atoms with Crippen LogP contribution in [0.3, 0.4) is 0 Å². The molecular weight excluding hydrogens is 303 g/mol. The van der Waals surface area contributed by atoms with Gasteiger partial charge in [0.2, 0.25) is 0 Å². The molecule has 0 saturated heterocycles. The molecule has 3 nitrogen and oxygen atoms in total. The average Bonchev–Trinajstić information content (AvgIpc) is 2.33. The summed E-state index contributed by atoms with van der Waals surface area (Å²) in [5.41, 5.74) is 1.83. The lowest BCUT2D eigenvalue weighted by Gasteiger charge is -2.11. The van der Waals surface area contributed by atoms with Crippen molar-refractivity contribution >= 4 is 15.7 Å². The number of halogens is 3. The monoisotopic (exact) mass is 315 g/mol. The van der Waals surface area contributed by atoms with Crippen molar-refractivity contribution in [1.82, 2.24) is 0 Å². The molecular formula is C14H12F3NO2S. The van der Waals surface area contributed by atoms with Gasteiger partial charge in [0.25, 0.3) is 10.0 Å². The van der Waals surface area contributed by atoms with E-state index in [1.54, 1.807) is 26.0 Å². The second kappa shape index (κ2) is 5.40. The van der Waals surface area contributed by atoms with Crippen LogP contribution in [-0.2, 0) is 10.0 Å². The first-order chi connectivity index (χ1) is 9.70. The second-order valence-corrected chi connectivity index (χ2v) is 6.31. The Hall–Kier alpha value is -2.02. The van der Waals surface area contributed by atoms with Crippen LogP contribution in [0.15, 0.2) is 35.2 Å². The minimum absolute atomic E-state index is 0.219. The SMILES string of the molecule is Cc1cc(C)cc(NS(=O)(=O)c2ccc(F)c(F)c2F)c1. The van der Waals surface area contributed by atoms with E-state index in [1.807, 2.05) is 6.07 Å². The molecule has 21 heavy (non-hydrogen) atoms. The lowest BCUT2D eigenvalue weighted by atomic mass is 10.1. The third kappa shape index (κ3) is 3.18. The first-order valence-corrected chi connectivity index (χ1v) is 7.43. The highest BCUT2D eigenvalue weighted by Crippen LogP contribution is 2.23. The lowest BCUT2D eigenvalue weighted by molar-refractivity contribution is 0.432. The maximum absolute atomic E-state index is 13.6. The van der Waals surface area contributed by atoms with Gasteiger partial charge in [0.05, 0.1) is 0 Å². The summed E-state index contributed by atoms with van der Waals surface area (Å²) in [6, 6.07) is 6.16. The van der Waals surface area contributed by atoms with Crippen LogP contribution in [0.1, 0.15) is 11.1 Å². The zero-order valence-electron chi connectivity index (χ0n) is 11.2. The number of anilines is 1. The van der Waals surface area contributed by atoms with Crippen molar-refractivity contribution in [3.63, 3.8) is 0 Å². The first kappa shape index (κ1) is 15.4. The van der Waals surface area contributed by atoms with Crippen LogP contribution in [0.5, 0.6) is 0 Å². The molecule has 0 fully saturated rings. The molecule has 0 aliphatic rings. The summed E-state index contributed by atoms with van der Waals surface area (Å²) in [4.78, 5) is -0.944. The molecule has 2 aromatic carbocycles. The fraction of sp³-hybridized carbons (Fsp3) is 0.143. The fourth-order valence-corrected chi connectivity index (χ4v) is 3.07. The van der Waals surface area contributed by atoms with Crippen LogP contribution < -0.4 is 4.72 Å². The van der Waals surface area contributed by atoms with Crippen LogP contribution in [0.2, 0.25) is 0 Å². The van der Waals surface area contributed by atoms with Crippen molar-refractivity contribution in [2.75, 3.05) is 4.72 Å². The number of nitrogens with one attached hydrogen (secondary N) is 1. The lowest BCUT2D eigenvalue weighted by Crippen LogP contribution is -2.16. The Morgan fingerprint density at radius 1 is 0.905 bits per heavy atom. The Labute approximate surface area is 120 Å². The summed E-state index contributed by atoms with van der Waals surface area (Å²) < 4.78 is 65.9. The molecule has 7 heteroatoms. The highest BCUT2D eigenvalue weighted by Gasteiger charge is 2.24. The third-order valence-corrected chi connectivity index (χ3v) is 4.16. The summed E-state index contributed by atoms with van der Waals surface area (Å²) in [6.07, 6.45) is 0. The zero-order chi connectivity index (χ0) is 15.8. The molecule has 0 amide bonds. The smallest absolute Gasteiger partial charge is 0.264 e. The number of hydrogen-bond donors (Lipinski definition) is 1. The molecule has 1 N–H and O–H groups in total. The van der Waals surface area contributed by atoms with Gasteiger partial charge in [0, 0.05) is 5.69 Å². The predicted molar refractivity (Wildman–Crippen MR) is 73.0 cm³/mol. The van der Waals surface area contributed by atoms with Gasteiger partial charge in [-0.3, -0.25) is 4.72 Å². The molecule has 0 aliphatic carbocycles. The standard InChI is InChI=1S/C14H12F3NO2S/c1-8-5-9(2)7-10(6-8)18-21(19,20)12-4-3-11(15)13(16)14(12)17/h3-7,18H,1-2H3. The maximum atomic E-state index is 13.6. The number of benzene rings is 2. The quantitative estimate of drug-likeness (QED) is 0.881. The van der Waals surface area contributed by atoms with Gasteiger partial charge in [-0.1, -0.05) is 6.07 Å². The molecule has 0 saturated carbocycles. The summed E-state index contributed by atoms with van der Waals surface area (Å²) in [6.45, 7) is 3.53. The number of sulfonamides is 1. The summed E-state index contributed by atoms with van der Waals surface area (Å²) in [7, 11) is -4.35. The van der Waals surface area contributed by atoms with E-state index in [2.05, 4.69) is 4.72 Å². The molecule has 0 spiro atoms. The molecule has 2 rings (SSSR count). The van der Waals surface area contributed by atoms with Gasteiger partial charge in [0.15, 0.2) is 17.5 Å². The topological polar surface area (TPSA) is 46.2 Å². The Morgan fingerprint density at radius 2 is 1.48 bits per heavy atom. The fourth-order valence-electron chi connectivity index (χ4n) is 1.96. The summed E-state index contributed by atoms with van der Waals surface area (Å²) in [5.74, 6) is -5.01. The van der Waals surface area contributed by atoms with Gasteiger partial charge in [0.1, 0.15) is 4.90 Å². The van der Waals surface area contributed by atoms with Crippen molar-refractivity contribution < 1.29 is 21.6 Å². The molecule has 0 heterocycles.